The molecule has 0 aliphatic rings. The van der Waals surface area contributed by atoms with E-state index in [2.05, 4.69) is 38.8 Å². The van der Waals surface area contributed by atoms with E-state index in [1.165, 1.54) is 57.8 Å². The minimum Gasteiger partial charge on any atom is -0.313 e. The summed E-state index contributed by atoms with van der Waals surface area (Å²) < 4.78 is 3.36. The molecule has 21 heavy (non-hydrogen) atoms. The quantitative estimate of drug-likeness (QED) is 0.385. The molecule has 1 aromatic rings. The van der Waals surface area contributed by atoms with Gasteiger partial charge in [-0.25, -0.2) is 0 Å². The zero-order valence-electron chi connectivity index (χ0n) is 13.0. The SMILES string of the molecule is CCCCCCCCCCCCn1cc(Br)cc(Br)c1=O. The Hall–Kier alpha value is -0.0900. The molecule has 0 saturated heterocycles. The standard InChI is InChI=1S/C17H27Br2NO/c1-2-3-4-5-6-7-8-9-10-11-12-20-14-15(18)13-16(19)17(20)21/h13-14H,2-12H2,1H3. The van der Waals surface area contributed by atoms with Crippen LogP contribution in [0.2, 0.25) is 0 Å². The maximum absolute atomic E-state index is 11.9. The third-order valence-corrected chi connectivity index (χ3v) is 4.76. The summed E-state index contributed by atoms with van der Waals surface area (Å²) in [6.45, 7) is 3.07. The second-order valence-electron chi connectivity index (χ2n) is 5.69. The van der Waals surface area contributed by atoms with Gasteiger partial charge in [-0.2, -0.15) is 0 Å². The molecule has 4 heteroatoms. The maximum atomic E-state index is 11.9. The summed E-state index contributed by atoms with van der Waals surface area (Å²) in [6.07, 6.45) is 15.1. The van der Waals surface area contributed by atoms with Gasteiger partial charge in [0, 0.05) is 17.2 Å². The summed E-state index contributed by atoms with van der Waals surface area (Å²) >= 11 is 6.73. The Balaban J connectivity index is 2.08. The van der Waals surface area contributed by atoms with Crippen molar-refractivity contribution < 1.29 is 0 Å². The molecule has 1 aromatic heterocycles. The molecule has 0 bridgehead atoms. The molecule has 0 spiro atoms. The van der Waals surface area contributed by atoms with Crippen LogP contribution in [0.1, 0.15) is 71.1 Å². The number of aromatic nitrogens is 1. The van der Waals surface area contributed by atoms with Gasteiger partial charge in [0.05, 0.1) is 4.47 Å². The number of nitrogens with zero attached hydrogens (tertiary/aromatic N) is 1. The van der Waals surface area contributed by atoms with E-state index in [0.717, 1.165) is 17.4 Å². The van der Waals surface area contributed by atoms with E-state index in [1.54, 1.807) is 10.6 Å². The van der Waals surface area contributed by atoms with Gasteiger partial charge in [-0.15, -0.1) is 0 Å². The predicted molar refractivity (Wildman–Crippen MR) is 97.9 cm³/mol. The van der Waals surface area contributed by atoms with Crippen molar-refractivity contribution in [2.45, 2.75) is 77.7 Å². The molecule has 0 radical (unpaired) electrons. The van der Waals surface area contributed by atoms with Gasteiger partial charge in [-0.05, 0) is 44.3 Å². The number of rotatable bonds is 11. The van der Waals surface area contributed by atoms with Crippen LogP contribution in [-0.4, -0.2) is 4.57 Å². The van der Waals surface area contributed by atoms with Gasteiger partial charge in [0.1, 0.15) is 0 Å². The van der Waals surface area contributed by atoms with Gasteiger partial charge in [0.15, 0.2) is 0 Å². The molecule has 0 aliphatic heterocycles. The summed E-state index contributed by atoms with van der Waals surface area (Å²) in [7, 11) is 0. The maximum Gasteiger partial charge on any atom is 0.264 e. The van der Waals surface area contributed by atoms with Crippen molar-refractivity contribution >= 4 is 31.9 Å². The molecule has 1 rings (SSSR count). The van der Waals surface area contributed by atoms with Crippen molar-refractivity contribution in [1.82, 2.24) is 4.57 Å². The highest BCUT2D eigenvalue weighted by atomic mass is 79.9. The molecule has 2 nitrogen and oxygen atoms in total. The first-order valence-electron chi connectivity index (χ1n) is 8.20. The zero-order chi connectivity index (χ0) is 15.5. The van der Waals surface area contributed by atoms with Gasteiger partial charge >= 0.3 is 0 Å². The van der Waals surface area contributed by atoms with E-state index < -0.39 is 0 Å². The first kappa shape index (κ1) is 19.0. The van der Waals surface area contributed by atoms with Crippen molar-refractivity contribution in [3.63, 3.8) is 0 Å². The van der Waals surface area contributed by atoms with E-state index in [4.69, 9.17) is 0 Å². The summed E-state index contributed by atoms with van der Waals surface area (Å²) in [6, 6.07) is 1.80. The number of halogens is 2. The number of aryl methyl sites for hydroxylation is 1. The molecule has 0 saturated carbocycles. The highest BCUT2D eigenvalue weighted by molar-refractivity contribution is 9.11. The molecule has 120 valence electrons. The lowest BCUT2D eigenvalue weighted by molar-refractivity contribution is 0.529. The monoisotopic (exact) mass is 419 g/mol. The Kier molecular flexibility index (Phi) is 10.4. The topological polar surface area (TPSA) is 22.0 Å². The van der Waals surface area contributed by atoms with Crippen LogP contribution >= 0.6 is 31.9 Å². The smallest absolute Gasteiger partial charge is 0.264 e. The highest BCUT2D eigenvalue weighted by Gasteiger charge is 2.02. The van der Waals surface area contributed by atoms with Crippen molar-refractivity contribution in [1.29, 1.82) is 0 Å². The minimum atomic E-state index is 0.0640. The van der Waals surface area contributed by atoms with Crippen molar-refractivity contribution in [3.05, 3.63) is 31.6 Å². The van der Waals surface area contributed by atoms with Crippen LogP contribution in [-0.2, 0) is 6.54 Å². The van der Waals surface area contributed by atoms with E-state index in [-0.39, 0.29) is 5.56 Å². The Morgan fingerprint density at radius 3 is 2.00 bits per heavy atom. The lowest BCUT2D eigenvalue weighted by atomic mass is 10.1. The van der Waals surface area contributed by atoms with E-state index in [1.807, 2.05) is 6.20 Å². The van der Waals surface area contributed by atoms with Gasteiger partial charge in [0.25, 0.3) is 5.56 Å². The average molecular weight is 421 g/mol. The first-order valence-corrected chi connectivity index (χ1v) is 9.79. The summed E-state index contributed by atoms with van der Waals surface area (Å²) in [5, 5.41) is 0. The zero-order valence-corrected chi connectivity index (χ0v) is 16.2. The van der Waals surface area contributed by atoms with Crippen LogP contribution in [0, 0.1) is 0 Å². The molecule has 0 aromatic carbocycles. The van der Waals surface area contributed by atoms with E-state index >= 15 is 0 Å². The van der Waals surface area contributed by atoms with Crippen molar-refractivity contribution in [3.8, 4) is 0 Å². The van der Waals surface area contributed by atoms with E-state index in [0.29, 0.717) is 4.47 Å². The van der Waals surface area contributed by atoms with E-state index in [9.17, 15) is 4.79 Å². The second-order valence-corrected chi connectivity index (χ2v) is 7.46. The Morgan fingerprint density at radius 2 is 1.43 bits per heavy atom. The Morgan fingerprint density at radius 1 is 0.905 bits per heavy atom. The molecular formula is C17H27Br2NO. The van der Waals surface area contributed by atoms with Gasteiger partial charge in [0.2, 0.25) is 0 Å². The fourth-order valence-corrected chi connectivity index (χ4v) is 3.76. The molecular weight excluding hydrogens is 394 g/mol. The molecule has 0 amide bonds. The van der Waals surface area contributed by atoms with Crippen LogP contribution in [0.25, 0.3) is 0 Å². The van der Waals surface area contributed by atoms with Crippen LogP contribution in [0.4, 0.5) is 0 Å². The number of unbranched alkanes of at least 4 members (excludes halogenated alkanes) is 9. The van der Waals surface area contributed by atoms with Crippen LogP contribution in [0.5, 0.6) is 0 Å². The first-order chi connectivity index (χ1) is 10.1. The van der Waals surface area contributed by atoms with Gasteiger partial charge < -0.3 is 4.57 Å². The predicted octanol–water partition coefficient (Wildman–Crippen LogP) is 6.29. The van der Waals surface area contributed by atoms with Crippen molar-refractivity contribution in [2.24, 2.45) is 0 Å². The molecule has 0 N–H and O–H groups in total. The fourth-order valence-electron chi connectivity index (χ4n) is 2.50. The summed E-state index contributed by atoms with van der Waals surface area (Å²) in [5.41, 5.74) is 0.0640. The number of hydrogen-bond acceptors (Lipinski definition) is 1. The molecule has 1 heterocycles. The van der Waals surface area contributed by atoms with Gasteiger partial charge in [-0.1, -0.05) is 64.7 Å². The second kappa shape index (κ2) is 11.5. The van der Waals surface area contributed by atoms with Crippen LogP contribution < -0.4 is 5.56 Å². The Bertz CT molecular complexity index is 457. The van der Waals surface area contributed by atoms with Gasteiger partial charge in [-0.3, -0.25) is 4.79 Å². The van der Waals surface area contributed by atoms with Crippen molar-refractivity contribution in [2.75, 3.05) is 0 Å². The fraction of sp³-hybridized carbons (Fsp3) is 0.706. The molecule has 0 atom stereocenters. The highest BCUT2D eigenvalue weighted by Crippen LogP contribution is 2.14. The third-order valence-electron chi connectivity index (χ3n) is 3.76. The molecule has 0 aliphatic carbocycles. The largest absolute Gasteiger partial charge is 0.313 e. The Labute approximate surface area is 145 Å². The summed E-state index contributed by atoms with van der Waals surface area (Å²) in [4.78, 5) is 11.9. The lowest BCUT2D eigenvalue weighted by Crippen LogP contribution is -2.20. The number of hydrogen-bond donors (Lipinski definition) is 0. The van der Waals surface area contributed by atoms with Crippen LogP contribution in [0.3, 0.4) is 0 Å². The summed E-state index contributed by atoms with van der Waals surface area (Å²) in [5.74, 6) is 0. The molecule has 0 fully saturated rings. The normalized spacial score (nSPS) is 11.0. The third kappa shape index (κ3) is 8.20. The minimum absolute atomic E-state index is 0.0640. The molecule has 0 unspecified atom stereocenters. The average Bonchev–Trinajstić information content (AvgIpc) is 2.45. The van der Waals surface area contributed by atoms with Crippen LogP contribution in [0.15, 0.2) is 26.0 Å². The number of pyridine rings is 1. The lowest BCUT2D eigenvalue weighted by Gasteiger charge is -2.07.